The molecule has 0 saturated heterocycles. The van der Waals surface area contributed by atoms with E-state index in [0.29, 0.717) is 0 Å². The van der Waals surface area contributed by atoms with Gasteiger partial charge in [-0.15, -0.1) is 0 Å². The molecule has 0 amide bonds. The Hall–Kier alpha value is 27.3. The van der Waals surface area contributed by atoms with Gasteiger partial charge in [0.2, 0.25) is 0 Å². The number of hydrogen-bond acceptors (Lipinski definition) is 26. The summed E-state index contributed by atoms with van der Waals surface area (Å²) in [6.07, 6.45) is 0. The van der Waals surface area contributed by atoms with Gasteiger partial charge in [0.25, 0.3) is 0 Å². The Morgan fingerprint density at radius 3 is 0.357 bits per heavy atom. The molecule has 0 bridgehead atoms. The van der Waals surface area contributed by atoms with Crippen LogP contribution in [0.4, 0.5) is 0 Å². The van der Waals surface area contributed by atoms with Gasteiger partial charge >= 0.3 is 822 Å². The molecule has 0 N–H and O–H groups in total. The molecule has 0 atom stereocenters. The SMILES string of the molecule is O=P([O-])([O-])C(N(CCN(C(P(=O)([O-])[O-])P(=O)([O-])[O-])C(P(=O)([O-])[O-])P(=O)([O-])[O-])C(P(=O)([O-])[O-])P(=O)([O-])[O-])P(=O)([O-])[O-].[K+].[K+].[K+].[K+].[K+].[K+].[K+].[K+].[K+].[K+].[K+].[K+].[K+].[K+].[K+].[K+]. The molecule has 56 heavy (non-hydrogen) atoms. The zero-order valence-corrected chi connectivity index (χ0v) is 91.1. The Morgan fingerprint density at radius 1 is 0.232 bits per heavy atom. The van der Waals surface area contributed by atoms with Crippen molar-refractivity contribution >= 4 is 60.8 Å². The van der Waals surface area contributed by atoms with Crippen molar-refractivity contribution in [1.29, 1.82) is 0 Å². The van der Waals surface area contributed by atoms with Crippen molar-refractivity contribution < 1.29 is 937 Å². The van der Waals surface area contributed by atoms with E-state index in [1.54, 1.807) is 0 Å². The molecule has 242 valence electrons. The normalized spacial score (nSPS) is 11.3. The van der Waals surface area contributed by atoms with Crippen LogP contribution in [0.2, 0.25) is 0 Å². The summed E-state index contributed by atoms with van der Waals surface area (Å²) >= 11 is 0. The molecule has 0 aliphatic heterocycles. The van der Waals surface area contributed by atoms with Crippen LogP contribution in [-0.4, -0.2) is 45.0 Å². The van der Waals surface area contributed by atoms with Crippen LogP contribution in [0.1, 0.15) is 0 Å². The van der Waals surface area contributed by atoms with Crippen molar-refractivity contribution in [1.82, 2.24) is 9.80 Å². The third kappa shape index (κ3) is 56.5. The standard InChI is InChI=1S/C6H24N2O24P8.16K/c9-33(10,11)3(34(12,13)14)7(4(35(15,16)17)36(18,19)20)1-2-8(5(37(21,22)23)38(24,25)26)6(39(27,28)29)40(30,31)32;;;;;;;;;;;;;;;;/h3-6H,1-2H2,(H2,9,10,11)(H2,12,13,14)(H2,15,16,17)(H2,18,19,20)(H2,21,22,23)(H2,24,25,26)(H2,27,28,29)(H2,30,31,32);;;;;;;;;;;;;;;;/q;16*+1/p-16. The van der Waals surface area contributed by atoms with E-state index < -0.39 is 106 Å². The van der Waals surface area contributed by atoms with E-state index >= 15 is 0 Å². The van der Waals surface area contributed by atoms with Gasteiger partial charge in [-0.05, 0) is 60.8 Å². The molecule has 0 aliphatic carbocycles. The molecule has 0 unspecified atom stereocenters. The predicted octanol–water partition coefficient (Wildman–Crippen LogP) is -61.9. The van der Waals surface area contributed by atoms with Crippen LogP contribution in [0.5, 0.6) is 0 Å². The van der Waals surface area contributed by atoms with Crippen LogP contribution in [0, 0.1) is 0 Å². The Kier molecular flexibility index (Phi) is 137. The molecule has 0 radical (unpaired) electrons. The summed E-state index contributed by atoms with van der Waals surface area (Å²) in [6, 6.07) is 0. The second-order valence-corrected chi connectivity index (χ2v) is 21.4. The molecule has 26 nitrogen and oxygen atoms in total. The second kappa shape index (κ2) is 59.9. The van der Waals surface area contributed by atoms with Crippen LogP contribution in [0.15, 0.2) is 0 Å². The number of rotatable bonds is 15. The molecule has 50 heteroatoms. The van der Waals surface area contributed by atoms with Gasteiger partial charge in [-0.3, -0.25) is 9.80 Å². The Balaban J connectivity index is -0.0000000634. The topological polar surface area (TPSA) is 512 Å². The minimum absolute atomic E-state index is 0. The molecule has 0 aromatic carbocycles. The van der Waals surface area contributed by atoms with Gasteiger partial charge in [0.15, 0.2) is 0 Å². The van der Waals surface area contributed by atoms with Crippen molar-refractivity contribution in [3.8, 4) is 0 Å². The van der Waals surface area contributed by atoms with Crippen molar-refractivity contribution in [3.05, 3.63) is 0 Å². The maximum Gasteiger partial charge on any atom is 1.00 e. The Morgan fingerprint density at radius 2 is 0.304 bits per heavy atom. The maximum atomic E-state index is 11.4. The monoisotopic (exact) mass is 1360 g/mol. The molecule has 0 fully saturated rings. The van der Waals surface area contributed by atoms with Gasteiger partial charge in [0.05, 0.1) is 22.1 Å². The van der Waals surface area contributed by atoms with Crippen LogP contribution in [-0.2, 0) is 36.5 Å². The largest absolute Gasteiger partial charge is 1.00 e. The third-order valence-corrected chi connectivity index (χ3v) is 17.8. The van der Waals surface area contributed by atoms with Crippen LogP contribution < -0.4 is 900 Å². The second-order valence-electron chi connectivity index (χ2n) is 7.18. The first-order chi connectivity index (χ1) is 17.0. The third-order valence-electron chi connectivity index (χ3n) is 4.07. The average Bonchev–Trinajstić information content (AvgIpc) is 2.48. The summed E-state index contributed by atoms with van der Waals surface area (Å²) in [7, 11) is -59.0. The molecule has 0 heterocycles. The Labute approximate surface area is 1000 Å². The van der Waals surface area contributed by atoms with Crippen LogP contribution in [0.25, 0.3) is 0 Å². The summed E-state index contributed by atoms with van der Waals surface area (Å²) in [4.78, 5) is 179. The van der Waals surface area contributed by atoms with Crippen molar-refractivity contribution in [3.63, 3.8) is 0 Å². The fourth-order valence-corrected chi connectivity index (χ4v) is 14.4. The van der Waals surface area contributed by atoms with E-state index in [0.717, 1.165) is 0 Å². The molecule has 0 aromatic rings. The summed E-state index contributed by atoms with van der Waals surface area (Å²) in [5.41, 5.74) is -18.9. The molecule has 0 aliphatic rings. The first kappa shape index (κ1) is 128. The summed E-state index contributed by atoms with van der Waals surface area (Å²) in [5, 5.41) is 0. The molecular weight excluding hydrogens is 1360 g/mol. The minimum atomic E-state index is -7.38. The maximum absolute atomic E-state index is 11.4. The fraction of sp³-hybridized carbons (Fsp3) is 1.00. The molecule has 0 rings (SSSR count). The van der Waals surface area contributed by atoms with Gasteiger partial charge in [-0.25, -0.2) is 0 Å². The van der Waals surface area contributed by atoms with E-state index in [-0.39, 0.29) is 822 Å². The smallest absolute Gasteiger partial charge is 0.809 e. The van der Waals surface area contributed by atoms with E-state index in [1.807, 2.05) is 0 Å². The summed E-state index contributed by atoms with van der Waals surface area (Å²) < 4.78 is 91.3. The average molecular weight is 1370 g/mol. The van der Waals surface area contributed by atoms with Crippen LogP contribution in [0.3, 0.4) is 0 Å². The van der Waals surface area contributed by atoms with E-state index in [4.69, 9.17) is 0 Å². The molecule has 0 saturated carbocycles. The number of nitrogens with zero attached hydrogens (tertiary/aromatic N) is 2. The molecular formula is C6H8K16N2O24P8. The van der Waals surface area contributed by atoms with E-state index in [1.165, 1.54) is 0 Å². The van der Waals surface area contributed by atoms with E-state index in [9.17, 15) is 115 Å². The van der Waals surface area contributed by atoms with Crippen molar-refractivity contribution in [2.45, 2.75) is 22.1 Å². The zero-order valence-electron chi connectivity index (χ0n) is 34.0. The van der Waals surface area contributed by atoms with Gasteiger partial charge in [0, 0.05) is 13.1 Å². The summed E-state index contributed by atoms with van der Waals surface area (Å²) in [5.74, 6) is 0. The quantitative estimate of drug-likeness (QED) is 0.108. The number of hydrogen-bond donors (Lipinski definition) is 0. The van der Waals surface area contributed by atoms with Gasteiger partial charge < -0.3 is 115 Å². The van der Waals surface area contributed by atoms with Gasteiger partial charge in [-0.1, -0.05) is 0 Å². The minimum Gasteiger partial charge on any atom is -0.809 e. The van der Waals surface area contributed by atoms with Gasteiger partial charge in [-0.2, -0.15) is 0 Å². The zero-order chi connectivity index (χ0) is 32.9. The van der Waals surface area contributed by atoms with Crippen molar-refractivity contribution in [2.24, 2.45) is 0 Å². The first-order valence-electron chi connectivity index (χ1n) is 8.61. The summed E-state index contributed by atoms with van der Waals surface area (Å²) in [6.45, 7) is -5.62. The first-order valence-corrected chi connectivity index (χ1v) is 21.5. The van der Waals surface area contributed by atoms with Crippen molar-refractivity contribution in [2.75, 3.05) is 13.1 Å². The van der Waals surface area contributed by atoms with Crippen LogP contribution >= 0.6 is 60.8 Å². The molecule has 0 aromatic heterocycles. The van der Waals surface area contributed by atoms with E-state index in [2.05, 4.69) is 0 Å². The fourth-order valence-electron chi connectivity index (χ4n) is 3.08. The Bertz CT molecular complexity index is 1060. The molecule has 0 spiro atoms. The predicted molar refractivity (Wildman–Crippen MR) is 89.4 cm³/mol. The van der Waals surface area contributed by atoms with Gasteiger partial charge in [0.1, 0.15) is 0 Å².